The van der Waals surface area contributed by atoms with E-state index in [0.717, 1.165) is 0 Å². The van der Waals surface area contributed by atoms with Crippen LogP contribution in [0.4, 0.5) is 4.79 Å². The first-order chi connectivity index (χ1) is 7.51. The van der Waals surface area contributed by atoms with Crippen molar-refractivity contribution in [3.8, 4) is 0 Å². The van der Waals surface area contributed by atoms with Crippen molar-refractivity contribution in [3.63, 3.8) is 0 Å². The number of nitrogens with one attached hydrogen (secondary N) is 4. The van der Waals surface area contributed by atoms with Crippen molar-refractivity contribution < 1.29 is 14.3 Å². The molecule has 0 saturated carbocycles. The van der Waals surface area contributed by atoms with Crippen molar-refractivity contribution >= 4 is 12.0 Å². The Morgan fingerprint density at radius 1 is 1.31 bits per heavy atom. The van der Waals surface area contributed by atoms with Gasteiger partial charge in [-0.1, -0.05) is 13.8 Å². The van der Waals surface area contributed by atoms with Gasteiger partial charge in [-0.15, -0.1) is 0 Å². The van der Waals surface area contributed by atoms with Gasteiger partial charge in [0.25, 0.3) is 5.91 Å². The SMILES string of the molecule is CNNNC(=O)C(CC(C)C)NC(=O)OC. The fraction of sp³-hybridized carbons (Fsp3) is 0.778. The molecule has 16 heavy (non-hydrogen) atoms. The molecule has 0 spiro atoms. The lowest BCUT2D eigenvalue weighted by molar-refractivity contribution is -0.124. The minimum atomic E-state index is -0.620. The fourth-order valence-electron chi connectivity index (χ4n) is 1.12. The molecule has 94 valence electrons. The first-order valence-electron chi connectivity index (χ1n) is 5.07. The van der Waals surface area contributed by atoms with E-state index in [-0.39, 0.29) is 11.8 Å². The maximum absolute atomic E-state index is 11.6. The minimum absolute atomic E-state index is 0.280. The van der Waals surface area contributed by atoms with E-state index in [1.54, 1.807) is 7.05 Å². The topological polar surface area (TPSA) is 91.5 Å². The third kappa shape index (κ3) is 6.20. The van der Waals surface area contributed by atoms with Gasteiger partial charge in [0, 0.05) is 7.05 Å². The number of methoxy groups -OCH3 is 1. The van der Waals surface area contributed by atoms with E-state index >= 15 is 0 Å². The summed E-state index contributed by atoms with van der Waals surface area (Å²) in [6.45, 7) is 3.93. The molecule has 0 heterocycles. The van der Waals surface area contributed by atoms with Crippen LogP contribution >= 0.6 is 0 Å². The third-order valence-electron chi connectivity index (χ3n) is 1.81. The highest BCUT2D eigenvalue weighted by atomic mass is 16.5. The van der Waals surface area contributed by atoms with Gasteiger partial charge in [0.15, 0.2) is 0 Å². The average molecular weight is 232 g/mol. The van der Waals surface area contributed by atoms with Crippen molar-refractivity contribution in [1.82, 2.24) is 21.7 Å². The van der Waals surface area contributed by atoms with Crippen molar-refractivity contribution in [2.75, 3.05) is 14.2 Å². The molecule has 0 rings (SSSR count). The Morgan fingerprint density at radius 2 is 1.94 bits per heavy atom. The normalized spacial score (nSPS) is 12.1. The second kappa shape index (κ2) is 7.89. The molecular weight excluding hydrogens is 212 g/mol. The van der Waals surface area contributed by atoms with Crippen LogP contribution in [0, 0.1) is 5.92 Å². The Balaban J connectivity index is 4.28. The molecule has 7 nitrogen and oxygen atoms in total. The van der Waals surface area contributed by atoms with Crippen LogP contribution in [0.3, 0.4) is 0 Å². The van der Waals surface area contributed by atoms with Crippen LogP contribution in [0.1, 0.15) is 20.3 Å². The Morgan fingerprint density at radius 3 is 2.38 bits per heavy atom. The van der Waals surface area contributed by atoms with E-state index in [1.165, 1.54) is 7.11 Å². The van der Waals surface area contributed by atoms with E-state index < -0.39 is 12.1 Å². The van der Waals surface area contributed by atoms with Gasteiger partial charge in [-0.2, -0.15) is 5.53 Å². The molecule has 0 aliphatic rings. The molecule has 0 radical (unpaired) electrons. The van der Waals surface area contributed by atoms with Gasteiger partial charge in [0.2, 0.25) is 0 Å². The Bertz CT molecular complexity index is 233. The summed E-state index contributed by atoms with van der Waals surface area (Å²) in [6.07, 6.45) is -0.0861. The zero-order valence-corrected chi connectivity index (χ0v) is 10.1. The number of hydrazine groups is 2. The molecule has 1 unspecified atom stereocenters. The number of amides is 2. The van der Waals surface area contributed by atoms with E-state index in [4.69, 9.17) is 0 Å². The highest BCUT2D eigenvalue weighted by Gasteiger charge is 2.21. The lowest BCUT2D eigenvalue weighted by atomic mass is 10.0. The monoisotopic (exact) mass is 232 g/mol. The predicted octanol–water partition coefficient (Wildman–Crippen LogP) is -0.488. The summed E-state index contributed by atoms with van der Waals surface area (Å²) in [5.74, 6) is -0.0454. The van der Waals surface area contributed by atoms with Crippen molar-refractivity contribution in [2.24, 2.45) is 5.92 Å². The molecule has 0 saturated heterocycles. The van der Waals surface area contributed by atoms with Crippen molar-refractivity contribution in [1.29, 1.82) is 0 Å². The lowest BCUT2D eigenvalue weighted by Crippen LogP contribution is -2.54. The second-order valence-electron chi connectivity index (χ2n) is 3.68. The Hall–Kier alpha value is -1.34. The highest BCUT2D eigenvalue weighted by Crippen LogP contribution is 2.04. The van der Waals surface area contributed by atoms with Gasteiger partial charge < -0.3 is 10.1 Å². The third-order valence-corrected chi connectivity index (χ3v) is 1.81. The van der Waals surface area contributed by atoms with E-state index in [1.807, 2.05) is 13.8 Å². The standard InChI is InChI=1S/C9H20N4O3/c1-6(2)5-7(11-9(15)16-4)8(14)12-13-10-3/h6-7,10,13H,5H2,1-4H3,(H,11,15)(H,12,14). The number of alkyl carbamates (subject to hydrolysis) is 1. The number of carbonyl (C=O) groups excluding carboxylic acids is 2. The van der Waals surface area contributed by atoms with E-state index in [2.05, 4.69) is 26.4 Å². The van der Waals surface area contributed by atoms with Crippen LogP contribution < -0.4 is 21.7 Å². The molecule has 7 heteroatoms. The number of hydrogen-bond acceptors (Lipinski definition) is 5. The quantitative estimate of drug-likeness (QED) is 0.464. The molecule has 1 atom stereocenters. The molecule has 0 aromatic rings. The minimum Gasteiger partial charge on any atom is -0.453 e. The number of carbonyl (C=O) groups is 2. The predicted molar refractivity (Wildman–Crippen MR) is 59.1 cm³/mol. The van der Waals surface area contributed by atoms with E-state index in [0.29, 0.717) is 6.42 Å². The zero-order chi connectivity index (χ0) is 12.6. The van der Waals surface area contributed by atoms with Gasteiger partial charge in [0.1, 0.15) is 6.04 Å². The smallest absolute Gasteiger partial charge is 0.407 e. The first kappa shape index (κ1) is 14.7. The summed E-state index contributed by atoms with van der Waals surface area (Å²) in [7, 11) is 2.87. The number of hydrogen-bond donors (Lipinski definition) is 4. The van der Waals surface area contributed by atoms with Crippen LogP contribution in [0.5, 0.6) is 0 Å². The van der Waals surface area contributed by atoms with Gasteiger partial charge in [-0.3, -0.25) is 10.2 Å². The average Bonchev–Trinajstić information content (AvgIpc) is 2.24. The fourth-order valence-corrected chi connectivity index (χ4v) is 1.12. The maximum Gasteiger partial charge on any atom is 0.407 e. The van der Waals surface area contributed by atoms with Crippen molar-refractivity contribution in [2.45, 2.75) is 26.3 Å². The molecule has 0 bridgehead atoms. The molecule has 4 N–H and O–H groups in total. The second-order valence-corrected chi connectivity index (χ2v) is 3.68. The largest absolute Gasteiger partial charge is 0.453 e. The van der Waals surface area contributed by atoms with Crippen molar-refractivity contribution in [3.05, 3.63) is 0 Å². The van der Waals surface area contributed by atoms with E-state index in [9.17, 15) is 9.59 Å². The van der Waals surface area contributed by atoms with Crippen LogP contribution in [-0.2, 0) is 9.53 Å². The molecule has 0 aliphatic carbocycles. The van der Waals surface area contributed by atoms with Crippen LogP contribution in [-0.4, -0.2) is 32.2 Å². The first-order valence-corrected chi connectivity index (χ1v) is 5.07. The number of ether oxygens (including phenoxy) is 1. The van der Waals surface area contributed by atoms with Gasteiger partial charge in [-0.05, 0) is 12.3 Å². The van der Waals surface area contributed by atoms with Gasteiger partial charge in [-0.25, -0.2) is 10.2 Å². The molecular formula is C9H20N4O3. The molecule has 2 amide bonds. The molecule has 0 aliphatic heterocycles. The lowest BCUT2D eigenvalue weighted by Gasteiger charge is -2.19. The molecule has 0 aromatic heterocycles. The maximum atomic E-state index is 11.6. The summed E-state index contributed by atoms with van der Waals surface area (Å²) in [4.78, 5) is 22.6. The molecule has 0 aromatic carbocycles. The summed E-state index contributed by atoms with van der Waals surface area (Å²) in [5, 5.41) is 2.47. The van der Waals surface area contributed by atoms with Gasteiger partial charge in [0.05, 0.1) is 7.11 Å². The Kier molecular flexibility index (Phi) is 7.23. The zero-order valence-electron chi connectivity index (χ0n) is 10.1. The summed E-state index contributed by atoms with van der Waals surface area (Å²) < 4.78 is 4.45. The van der Waals surface area contributed by atoms with Crippen LogP contribution in [0.15, 0.2) is 0 Å². The molecule has 0 fully saturated rings. The summed E-state index contributed by atoms with van der Waals surface area (Å²) >= 11 is 0. The van der Waals surface area contributed by atoms with Crippen LogP contribution in [0.2, 0.25) is 0 Å². The van der Waals surface area contributed by atoms with Gasteiger partial charge >= 0.3 is 6.09 Å². The summed E-state index contributed by atoms with van der Waals surface area (Å²) in [6, 6.07) is -0.617. The highest BCUT2D eigenvalue weighted by molar-refractivity contribution is 5.85. The van der Waals surface area contributed by atoms with Crippen LogP contribution in [0.25, 0.3) is 0 Å². The summed E-state index contributed by atoms with van der Waals surface area (Å²) in [5.41, 5.74) is 7.40. The number of rotatable bonds is 6. The Labute approximate surface area is 95.2 Å².